The van der Waals surface area contributed by atoms with Crippen molar-refractivity contribution in [1.29, 1.82) is 0 Å². The molecule has 7 nitrogen and oxygen atoms in total. The van der Waals surface area contributed by atoms with Crippen LogP contribution in [0.4, 0.5) is 5.69 Å². The van der Waals surface area contributed by atoms with Crippen LogP contribution in [0.25, 0.3) is 0 Å². The largest absolute Gasteiger partial charge is 2.00 e. The van der Waals surface area contributed by atoms with Gasteiger partial charge in [0.2, 0.25) is 5.75 Å². The fourth-order valence-corrected chi connectivity index (χ4v) is 2.17. The summed E-state index contributed by atoms with van der Waals surface area (Å²) in [7, 11) is 8.31. The van der Waals surface area contributed by atoms with Gasteiger partial charge in [0.15, 0.2) is 11.5 Å². The van der Waals surface area contributed by atoms with Crippen molar-refractivity contribution < 1.29 is 14.2 Å². The summed E-state index contributed by atoms with van der Waals surface area (Å²) in [5.74, 6) is 1.69. The molecule has 0 fully saturated rings. The van der Waals surface area contributed by atoms with Gasteiger partial charge in [-0.2, -0.15) is 0 Å². The van der Waals surface area contributed by atoms with Crippen LogP contribution in [0.15, 0.2) is 12.1 Å². The Labute approximate surface area is 234 Å². The molecular formula is C17H28MgN4O3S6. The Morgan fingerprint density at radius 3 is 1.77 bits per heavy atom. The molecule has 0 saturated carbocycles. The summed E-state index contributed by atoms with van der Waals surface area (Å²) in [4.78, 5) is 1.71. The van der Waals surface area contributed by atoms with E-state index in [2.05, 4.69) is 73.0 Å². The quantitative estimate of drug-likeness (QED) is 0.137. The Balaban J connectivity index is -0.000000398. The number of ether oxygens (including phenoxy) is 3. The van der Waals surface area contributed by atoms with Crippen LogP contribution in [0.3, 0.4) is 0 Å². The zero-order chi connectivity index (χ0) is 23.9. The molecule has 172 valence electrons. The number of hydrogen-bond acceptors (Lipinski definition) is 9. The molecule has 0 aliphatic rings. The Hall–Kier alpha value is -0.354. The fourth-order valence-electron chi connectivity index (χ4n) is 1.59. The molecule has 0 bridgehead atoms. The smallest absolute Gasteiger partial charge is 0.493 e. The van der Waals surface area contributed by atoms with Crippen molar-refractivity contribution in [3.05, 3.63) is 12.1 Å². The van der Waals surface area contributed by atoms with E-state index >= 15 is 0 Å². The molecule has 0 aliphatic carbocycles. The van der Waals surface area contributed by atoms with E-state index in [1.165, 1.54) is 0 Å². The third-order valence-corrected chi connectivity index (χ3v) is 4.24. The predicted molar refractivity (Wildman–Crippen MR) is 152 cm³/mol. The average Bonchev–Trinajstić information content (AvgIpc) is 2.65. The Kier molecular flexibility index (Phi) is 23.0. The van der Waals surface area contributed by atoms with Crippen molar-refractivity contribution in [3.63, 3.8) is 0 Å². The SMILES string of the molecule is CC(CNC(=S)S)NC(=S)[S-].CN(C)C(=S)[S-].COc1cc(N)cc(OC)c1OC.[Mg+2]. The topological polar surface area (TPSA) is 81.0 Å². The maximum atomic E-state index is 5.62. The van der Waals surface area contributed by atoms with Crippen LogP contribution in [-0.2, 0) is 25.3 Å². The molecule has 1 unspecified atom stereocenters. The normalized spacial score (nSPS) is 9.65. The summed E-state index contributed by atoms with van der Waals surface area (Å²) in [6, 6.07) is 3.55. The number of thiocarbonyl (C=S) groups is 3. The molecule has 1 aromatic rings. The molecule has 0 saturated heterocycles. The number of methoxy groups -OCH3 is 3. The maximum Gasteiger partial charge on any atom is 2.00 e. The van der Waals surface area contributed by atoms with Crippen molar-refractivity contribution in [3.8, 4) is 17.2 Å². The van der Waals surface area contributed by atoms with E-state index in [-0.39, 0.29) is 29.1 Å². The van der Waals surface area contributed by atoms with Gasteiger partial charge in [-0.15, -0.1) is 12.6 Å². The van der Waals surface area contributed by atoms with Crippen molar-refractivity contribution >= 4 is 116 Å². The van der Waals surface area contributed by atoms with Gasteiger partial charge in [-0.1, -0.05) is 20.9 Å². The van der Waals surface area contributed by atoms with Crippen molar-refractivity contribution in [2.75, 3.05) is 47.7 Å². The van der Waals surface area contributed by atoms with Crippen LogP contribution in [0.5, 0.6) is 17.2 Å². The molecule has 1 atom stereocenters. The minimum absolute atomic E-state index is 0. The van der Waals surface area contributed by atoms with Gasteiger partial charge in [-0.3, -0.25) is 0 Å². The van der Waals surface area contributed by atoms with Gasteiger partial charge in [0.25, 0.3) is 0 Å². The molecule has 0 heterocycles. The maximum absolute atomic E-state index is 5.62. The number of nitrogens with two attached hydrogens (primary N) is 1. The molecule has 0 spiro atoms. The summed E-state index contributed by atoms with van der Waals surface area (Å²) in [6.07, 6.45) is 0. The molecule has 0 aliphatic heterocycles. The molecule has 1 aromatic carbocycles. The number of nitrogens with zero attached hydrogens (tertiary/aromatic N) is 1. The van der Waals surface area contributed by atoms with Crippen molar-refractivity contribution in [1.82, 2.24) is 15.5 Å². The molecule has 0 aromatic heterocycles. The molecule has 31 heavy (non-hydrogen) atoms. The third kappa shape index (κ3) is 18.9. The summed E-state index contributed by atoms with van der Waals surface area (Å²) >= 11 is 27.1. The summed E-state index contributed by atoms with van der Waals surface area (Å²) in [5, 5.41) is 5.77. The fraction of sp³-hybridized carbons (Fsp3) is 0.471. The van der Waals surface area contributed by atoms with E-state index in [1.807, 2.05) is 21.0 Å². The molecular weight excluding hydrogens is 525 g/mol. The van der Waals surface area contributed by atoms with Gasteiger partial charge >= 0.3 is 23.1 Å². The number of rotatable bonds is 6. The van der Waals surface area contributed by atoms with Gasteiger partial charge in [-0.05, 0) is 6.92 Å². The van der Waals surface area contributed by atoms with E-state index in [4.69, 9.17) is 32.2 Å². The van der Waals surface area contributed by atoms with E-state index in [0.717, 1.165) is 0 Å². The van der Waals surface area contributed by atoms with Gasteiger partial charge in [-0.25, -0.2) is 0 Å². The van der Waals surface area contributed by atoms with Gasteiger partial charge in [0.05, 0.1) is 21.3 Å². The van der Waals surface area contributed by atoms with Crippen molar-refractivity contribution in [2.24, 2.45) is 0 Å². The molecule has 4 N–H and O–H groups in total. The van der Waals surface area contributed by atoms with Crippen molar-refractivity contribution in [2.45, 2.75) is 13.0 Å². The summed E-state index contributed by atoms with van der Waals surface area (Å²) in [5.41, 5.74) is 6.20. The zero-order valence-electron chi connectivity index (χ0n) is 18.4. The monoisotopic (exact) mass is 552 g/mol. The van der Waals surface area contributed by atoms with Gasteiger partial charge in [0, 0.05) is 44.5 Å². The number of thiol groups is 1. The first-order valence-electron chi connectivity index (χ1n) is 8.27. The zero-order valence-corrected chi connectivity index (χ0v) is 24.8. The summed E-state index contributed by atoms with van der Waals surface area (Å²) in [6.45, 7) is 2.64. The minimum atomic E-state index is 0. The van der Waals surface area contributed by atoms with Crippen LogP contribution >= 0.6 is 49.3 Å². The van der Waals surface area contributed by atoms with Crippen LogP contribution in [-0.4, -0.2) is 88.9 Å². The number of hydrogen-bond donors (Lipinski definition) is 4. The second-order valence-corrected chi connectivity index (χ2v) is 8.90. The second-order valence-electron chi connectivity index (χ2n) is 5.64. The third-order valence-electron chi connectivity index (χ3n) is 2.98. The number of nitrogen functional groups attached to an aromatic ring is 1. The minimum Gasteiger partial charge on any atom is -0.493 e. The number of benzene rings is 1. The van der Waals surface area contributed by atoms with Crippen LogP contribution in [0, 0.1) is 0 Å². The van der Waals surface area contributed by atoms with E-state index < -0.39 is 0 Å². The predicted octanol–water partition coefficient (Wildman–Crippen LogP) is 1.89. The van der Waals surface area contributed by atoms with Crippen LogP contribution in [0.2, 0.25) is 0 Å². The Morgan fingerprint density at radius 2 is 1.52 bits per heavy atom. The number of anilines is 1. The van der Waals surface area contributed by atoms with Crippen LogP contribution in [0.1, 0.15) is 6.92 Å². The Bertz CT molecular complexity index is 673. The van der Waals surface area contributed by atoms with E-state index in [0.29, 0.717) is 42.4 Å². The van der Waals surface area contributed by atoms with Crippen LogP contribution < -0.4 is 30.6 Å². The second kappa shape index (κ2) is 20.3. The van der Waals surface area contributed by atoms with Gasteiger partial charge in [0.1, 0.15) is 4.32 Å². The standard InChI is InChI=1S/C9H13NO3.C5H10N2S4.C3H7NS2.Mg/c1-11-7-4-6(10)5-8(12-2)9(7)13-3;1-3(7-5(10)11)2-6-4(8)9;1-4(2)3(5)6;/h4-5H,10H2,1-3H3;3H,2H2,1H3,(H2,6,8,9)(H2,7,10,11);1-2H3,(H,5,6);/q;;;+2/p-2. The first kappa shape index (κ1) is 35.2. The molecule has 14 heteroatoms. The first-order chi connectivity index (χ1) is 13.9. The van der Waals surface area contributed by atoms with E-state index in [9.17, 15) is 0 Å². The van der Waals surface area contributed by atoms with E-state index in [1.54, 1.807) is 38.4 Å². The number of nitrogens with one attached hydrogen (secondary N) is 2. The van der Waals surface area contributed by atoms with Gasteiger partial charge < -0.3 is 85.2 Å². The first-order valence-corrected chi connectivity index (χ1v) is 10.8. The molecule has 1 rings (SSSR count). The summed E-state index contributed by atoms with van der Waals surface area (Å²) < 4.78 is 16.6. The Morgan fingerprint density at radius 1 is 1.10 bits per heavy atom. The molecule has 0 amide bonds. The molecule has 0 radical (unpaired) electrons. The average molecular weight is 553 g/mol.